The second kappa shape index (κ2) is 14.6. The highest BCUT2D eigenvalue weighted by atomic mass is 35.5. The van der Waals surface area contributed by atoms with Crippen LogP contribution < -0.4 is 9.62 Å². The van der Waals surface area contributed by atoms with Crippen molar-refractivity contribution in [1.29, 1.82) is 0 Å². The van der Waals surface area contributed by atoms with Crippen molar-refractivity contribution in [2.75, 3.05) is 17.4 Å². The van der Waals surface area contributed by atoms with Gasteiger partial charge in [-0.05, 0) is 73.0 Å². The van der Waals surface area contributed by atoms with Crippen LogP contribution in [0.2, 0.25) is 10.0 Å². The fourth-order valence-electron chi connectivity index (χ4n) is 4.72. The Morgan fingerprint density at radius 2 is 1.37 bits per heavy atom. The summed E-state index contributed by atoms with van der Waals surface area (Å²) in [4.78, 5) is 29.3. The molecule has 4 aromatic carbocycles. The summed E-state index contributed by atoms with van der Waals surface area (Å²) in [6.07, 6.45) is 0.236. The first-order valence-electron chi connectivity index (χ1n) is 13.8. The van der Waals surface area contributed by atoms with Gasteiger partial charge in [-0.2, -0.15) is 0 Å². The molecule has 0 aromatic heterocycles. The van der Waals surface area contributed by atoms with Crippen molar-refractivity contribution < 1.29 is 18.0 Å². The van der Waals surface area contributed by atoms with Crippen LogP contribution in [0.25, 0.3) is 0 Å². The van der Waals surface area contributed by atoms with Crippen molar-refractivity contribution in [2.24, 2.45) is 0 Å². The number of nitrogens with one attached hydrogen (secondary N) is 1. The molecule has 1 atom stereocenters. The molecule has 0 heterocycles. The highest BCUT2D eigenvalue weighted by Crippen LogP contribution is 2.28. The number of benzene rings is 4. The van der Waals surface area contributed by atoms with Gasteiger partial charge in [-0.15, -0.1) is 0 Å². The molecular weight excluding hydrogens is 605 g/mol. The van der Waals surface area contributed by atoms with E-state index < -0.39 is 28.5 Å². The van der Waals surface area contributed by atoms with E-state index in [1.54, 1.807) is 62.4 Å². The van der Waals surface area contributed by atoms with Crippen LogP contribution in [0.15, 0.2) is 108 Å². The third kappa shape index (κ3) is 8.16. The maximum absolute atomic E-state index is 14.4. The molecule has 0 aliphatic carbocycles. The summed E-state index contributed by atoms with van der Waals surface area (Å²) < 4.78 is 29.2. The second-order valence-corrected chi connectivity index (χ2v) is 12.7. The topological polar surface area (TPSA) is 86.8 Å². The molecule has 0 fully saturated rings. The van der Waals surface area contributed by atoms with Crippen LogP contribution in [-0.2, 0) is 32.6 Å². The average Bonchev–Trinajstić information content (AvgIpc) is 3.00. The lowest BCUT2D eigenvalue weighted by Crippen LogP contribution is -2.53. The molecule has 7 nitrogen and oxygen atoms in total. The summed E-state index contributed by atoms with van der Waals surface area (Å²) in [6, 6.07) is 28.2. The number of amides is 2. The van der Waals surface area contributed by atoms with Gasteiger partial charge in [-0.3, -0.25) is 13.9 Å². The lowest BCUT2D eigenvalue weighted by atomic mass is 10.0. The zero-order valence-corrected chi connectivity index (χ0v) is 26.2. The van der Waals surface area contributed by atoms with Crippen molar-refractivity contribution in [3.63, 3.8) is 0 Å². The van der Waals surface area contributed by atoms with Crippen LogP contribution in [-0.4, -0.2) is 44.3 Å². The van der Waals surface area contributed by atoms with Crippen LogP contribution in [0.4, 0.5) is 5.69 Å². The molecule has 2 amide bonds. The molecule has 0 saturated carbocycles. The number of aryl methyl sites for hydroxylation is 1. The number of carbonyl (C=O) groups excluding carboxylic acids is 2. The van der Waals surface area contributed by atoms with Gasteiger partial charge < -0.3 is 10.2 Å². The van der Waals surface area contributed by atoms with Gasteiger partial charge in [0.1, 0.15) is 12.6 Å². The highest BCUT2D eigenvalue weighted by molar-refractivity contribution is 7.92. The van der Waals surface area contributed by atoms with Gasteiger partial charge >= 0.3 is 0 Å². The fourth-order valence-corrected chi connectivity index (χ4v) is 6.45. The van der Waals surface area contributed by atoms with Gasteiger partial charge in [-0.1, -0.05) is 83.9 Å². The molecule has 43 heavy (non-hydrogen) atoms. The van der Waals surface area contributed by atoms with Gasteiger partial charge in [0.15, 0.2) is 0 Å². The smallest absolute Gasteiger partial charge is 0.264 e. The van der Waals surface area contributed by atoms with E-state index in [-0.39, 0.29) is 23.8 Å². The van der Waals surface area contributed by atoms with E-state index in [2.05, 4.69) is 5.32 Å². The SMILES string of the molecule is CCNC(=O)[C@H](Cc1ccccc1)N(Cc1ccc(Cl)cc1)C(=O)CN(c1ccccc1C)S(=O)(=O)c1ccc(Cl)cc1. The minimum absolute atomic E-state index is 0.0123. The molecule has 10 heteroatoms. The Labute approximate surface area is 263 Å². The van der Waals surface area contributed by atoms with Crippen molar-refractivity contribution in [3.05, 3.63) is 130 Å². The van der Waals surface area contributed by atoms with E-state index in [0.717, 1.165) is 15.4 Å². The number of para-hydroxylation sites is 1. The van der Waals surface area contributed by atoms with E-state index in [4.69, 9.17) is 23.2 Å². The predicted octanol–water partition coefficient (Wildman–Crippen LogP) is 6.27. The van der Waals surface area contributed by atoms with E-state index in [1.807, 2.05) is 30.3 Å². The number of nitrogens with zero attached hydrogens (tertiary/aromatic N) is 2. The van der Waals surface area contributed by atoms with Crippen LogP contribution in [0.3, 0.4) is 0 Å². The first-order chi connectivity index (χ1) is 20.6. The number of carbonyl (C=O) groups is 2. The molecule has 0 spiro atoms. The van der Waals surface area contributed by atoms with Gasteiger partial charge in [-0.25, -0.2) is 8.42 Å². The third-order valence-corrected chi connectivity index (χ3v) is 9.23. The number of halogens is 2. The van der Waals surface area contributed by atoms with Gasteiger partial charge in [0.05, 0.1) is 10.6 Å². The van der Waals surface area contributed by atoms with Gasteiger partial charge in [0.25, 0.3) is 10.0 Å². The van der Waals surface area contributed by atoms with Gasteiger partial charge in [0, 0.05) is 29.6 Å². The molecule has 0 unspecified atom stereocenters. The molecule has 1 N–H and O–H groups in total. The van der Waals surface area contributed by atoms with E-state index in [1.165, 1.54) is 29.2 Å². The van der Waals surface area contributed by atoms with E-state index >= 15 is 0 Å². The Kier molecular flexibility index (Phi) is 10.9. The third-order valence-electron chi connectivity index (χ3n) is 6.95. The highest BCUT2D eigenvalue weighted by Gasteiger charge is 2.34. The fraction of sp³-hybridized carbons (Fsp3) is 0.212. The number of hydrogen-bond acceptors (Lipinski definition) is 4. The summed E-state index contributed by atoms with van der Waals surface area (Å²) in [7, 11) is -4.21. The van der Waals surface area contributed by atoms with Crippen LogP contribution in [0.5, 0.6) is 0 Å². The Morgan fingerprint density at radius 1 is 0.791 bits per heavy atom. The lowest BCUT2D eigenvalue weighted by Gasteiger charge is -2.34. The Hall–Kier alpha value is -3.85. The minimum Gasteiger partial charge on any atom is -0.355 e. The Balaban J connectivity index is 1.80. The number of hydrogen-bond donors (Lipinski definition) is 1. The summed E-state index contributed by atoms with van der Waals surface area (Å²) in [5, 5.41) is 3.77. The second-order valence-electron chi connectivity index (χ2n) is 10.0. The van der Waals surface area contributed by atoms with Crippen LogP contribution in [0, 0.1) is 6.92 Å². The number of rotatable bonds is 12. The standard InChI is InChI=1S/C33H33Cl2N3O4S/c1-3-36-33(40)31(21-25-10-5-4-6-11-25)37(22-26-13-15-27(34)16-14-26)32(39)23-38(30-12-8-7-9-24(30)2)43(41,42)29-19-17-28(35)18-20-29/h4-20,31H,3,21-23H2,1-2H3,(H,36,40)/t31-/m0/s1. The quantitative estimate of drug-likeness (QED) is 0.198. The summed E-state index contributed by atoms with van der Waals surface area (Å²) in [5.41, 5.74) is 2.62. The number of likely N-dealkylation sites (N-methyl/N-ethyl adjacent to an activating group) is 1. The van der Waals surface area contributed by atoms with Gasteiger partial charge in [0.2, 0.25) is 11.8 Å². The average molecular weight is 639 g/mol. The van der Waals surface area contributed by atoms with E-state index in [9.17, 15) is 18.0 Å². The molecule has 4 aromatic rings. The van der Waals surface area contributed by atoms with Crippen LogP contribution in [0.1, 0.15) is 23.6 Å². The normalized spacial score (nSPS) is 11.9. The summed E-state index contributed by atoms with van der Waals surface area (Å²) in [6.45, 7) is 3.48. The summed E-state index contributed by atoms with van der Waals surface area (Å²) >= 11 is 12.2. The molecule has 4 rings (SSSR count). The summed E-state index contributed by atoms with van der Waals surface area (Å²) in [5.74, 6) is -0.875. The molecule has 0 aliphatic rings. The maximum atomic E-state index is 14.4. The Morgan fingerprint density at radius 3 is 1.98 bits per heavy atom. The monoisotopic (exact) mass is 637 g/mol. The minimum atomic E-state index is -4.21. The number of anilines is 1. The molecule has 0 saturated heterocycles. The zero-order chi connectivity index (χ0) is 31.0. The molecule has 0 radical (unpaired) electrons. The van der Waals surface area contributed by atoms with Crippen molar-refractivity contribution in [1.82, 2.24) is 10.2 Å². The number of sulfonamides is 1. The lowest BCUT2D eigenvalue weighted by molar-refractivity contribution is -0.140. The van der Waals surface area contributed by atoms with Crippen molar-refractivity contribution in [3.8, 4) is 0 Å². The molecule has 0 aliphatic heterocycles. The molecular formula is C33H33Cl2N3O4S. The first kappa shape index (κ1) is 32.1. The molecule has 0 bridgehead atoms. The maximum Gasteiger partial charge on any atom is 0.264 e. The van der Waals surface area contributed by atoms with Crippen molar-refractivity contribution >= 4 is 50.7 Å². The van der Waals surface area contributed by atoms with E-state index in [0.29, 0.717) is 27.8 Å². The first-order valence-corrected chi connectivity index (χ1v) is 16.0. The molecule has 224 valence electrons. The van der Waals surface area contributed by atoms with Crippen molar-refractivity contribution in [2.45, 2.75) is 37.8 Å². The zero-order valence-electron chi connectivity index (χ0n) is 23.9. The Bertz CT molecular complexity index is 1650. The predicted molar refractivity (Wildman–Crippen MR) is 172 cm³/mol. The largest absolute Gasteiger partial charge is 0.355 e. The van der Waals surface area contributed by atoms with Crippen LogP contribution >= 0.6 is 23.2 Å².